The molecule has 1 aromatic rings. The third kappa shape index (κ3) is 4.89. The van der Waals surface area contributed by atoms with Crippen LogP contribution in [0.3, 0.4) is 0 Å². The molecular weight excluding hydrogens is 248 g/mol. The first-order valence-corrected chi connectivity index (χ1v) is 7.59. The molecule has 0 saturated carbocycles. The molecule has 1 aromatic carbocycles. The highest BCUT2D eigenvalue weighted by Crippen LogP contribution is 2.25. The number of hydrogen-bond donors (Lipinski definition) is 1. The molecule has 0 amide bonds. The summed E-state index contributed by atoms with van der Waals surface area (Å²) in [6, 6.07) is 11.5. The molecule has 1 N–H and O–H groups in total. The Morgan fingerprint density at radius 3 is 2.35 bits per heavy atom. The molecule has 1 rings (SSSR count). The van der Waals surface area contributed by atoms with E-state index >= 15 is 0 Å². The molecule has 20 heavy (non-hydrogen) atoms. The van der Waals surface area contributed by atoms with Gasteiger partial charge in [-0.3, -0.25) is 4.90 Å². The van der Waals surface area contributed by atoms with Crippen LogP contribution >= 0.6 is 0 Å². The maximum atomic E-state index is 5.23. The summed E-state index contributed by atoms with van der Waals surface area (Å²) in [4.78, 5) is 2.41. The molecule has 2 atom stereocenters. The van der Waals surface area contributed by atoms with E-state index in [1.54, 1.807) is 7.11 Å². The minimum absolute atomic E-state index is 0.350. The van der Waals surface area contributed by atoms with Crippen LogP contribution in [-0.4, -0.2) is 44.8 Å². The molecule has 0 spiro atoms. The maximum absolute atomic E-state index is 5.23. The van der Waals surface area contributed by atoms with E-state index in [1.807, 2.05) is 0 Å². The van der Waals surface area contributed by atoms with Gasteiger partial charge in [-0.1, -0.05) is 51.1 Å². The number of methoxy groups -OCH3 is 1. The lowest BCUT2D eigenvalue weighted by molar-refractivity contribution is 0.100. The van der Waals surface area contributed by atoms with Crippen molar-refractivity contribution in [1.82, 2.24) is 10.2 Å². The standard InChI is InChI=1S/C17H30N2O/c1-6-18-16(15-10-8-7-9-11-15)17(14(2)3)19(4)12-13-20-5/h7-11,14,16-18H,6,12-13H2,1-5H3. The van der Waals surface area contributed by atoms with Gasteiger partial charge in [-0.05, 0) is 25.1 Å². The van der Waals surface area contributed by atoms with E-state index < -0.39 is 0 Å². The van der Waals surface area contributed by atoms with E-state index in [0.29, 0.717) is 18.0 Å². The quantitative estimate of drug-likeness (QED) is 0.751. The maximum Gasteiger partial charge on any atom is 0.0589 e. The zero-order valence-corrected chi connectivity index (χ0v) is 13.6. The molecular formula is C17H30N2O. The third-order valence-electron chi connectivity index (χ3n) is 3.76. The van der Waals surface area contributed by atoms with Crippen molar-refractivity contribution in [2.75, 3.05) is 33.9 Å². The van der Waals surface area contributed by atoms with Crippen LogP contribution < -0.4 is 5.32 Å². The average Bonchev–Trinajstić information content (AvgIpc) is 2.45. The predicted molar refractivity (Wildman–Crippen MR) is 86.0 cm³/mol. The molecule has 3 heteroatoms. The Morgan fingerprint density at radius 2 is 1.85 bits per heavy atom. The predicted octanol–water partition coefficient (Wildman–Crippen LogP) is 2.94. The number of nitrogens with one attached hydrogen (secondary N) is 1. The van der Waals surface area contributed by atoms with Crippen molar-refractivity contribution in [2.45, 2.75) is 32.9 Å². The van der Waals surface area contributed by atoms with E-state index in [4.69, 9.17) is 4.74 Å². The van der Waals surface area contributed by atoms with Gasteiger partial charge in [0.2, 0.25) is 0 Å². The highest BCUT2D eigenvalue weighted by atomic mass is 16.5. The van der Waals surface area contributed by atoms with Gasteiger partial charge in [-0.15, -0.1) is 0 Å². The Bertz CT molecular complexity index is 353. The van der Waals surface area contributed by atoms with Crippen molar-refractivity contribution in [1.29, 1.82) is 0 Å². The van der Waals surface area contributed by atoms with E-state index in [2.05, 4.69) is 68.4 Å². The van der Waals surface area contributed by atoms with Crippen molar-refractivity contribution < 1.29 is 4.74 Å². The van der Waals surface area contributed by atoms with Crippen molar-refractivity contribution in [3.63, 3.8) is 0 Å². The fraction of sp³-hybridized carbons (Fsp3) is 0.647. The Labute approximate surface area is 124 Å². The van der Waals surface area contributed by atoms with Crippen LogP contribution in [0.4, 0.5) is 0 Å². The van der Waals surface area contributed by atoms with Gasteiger partial charge in [0, 0.05) is 25.7 Å². The molecule has 0 aliphatic rings. The Kier molecular flexibility index (Phi) is 7.82. The van der Waals surface area contributed by atoms with E-state index in [1.165, 1.54) is 5.56 Å². The number of rotatable bonds is 9. The van der Waals surface area contributed by atoms with Crippen LogP contribution in [0.2, 0.25) is 0 Å². The van der Waals surface area contributed by atoms with Crippen LogP contribution in [0.5, 0.6) is 0 Å². The van der Waals surface area contributed by atoms with Gasteiger partial charge in [-0.25, -0.2) is 0 Å². The van der Waals surface area contributed by atoms with Crippen LogP contribution in [0, 0.1) is 5.92 Å². The highest BCUT2D eigenvalue weighted by Gasteiger charge is 2.28. The molecule has 0 aliphatic heterocycles. The lowest BCUT2D eigenvalue weighted by Crippen LogP contribution is -2.47. The fourth-order valence-electron chi connectivity index (χ4n) is 2.85. The molecule has 0 aliphatic carbocycles. The van der Waals surface area contributed by atoms with E-state index in [0.717, 1.165) is 19.7 Å². The molecule has 114 valence electrons. The van der Waals surface area contributed by atoms with E-state index in [-0.39, 0.29) is 0 Å². The second kappa shape index (κ2) is 9.11. The Morgan fingerprint density at radius 1 is 1.20 bits per heavy atom. The van der Waals surface area contributed by atoms with Gasteiger partial charge in [0.1, 0.15) is 0 Å². The highest BCUT2D eigenvalue weighted by molar-refractivity contribution is 5.21. The summed E-state index contributed by atoms with van der Waals surface area (Å²) in [5.74, 6) is 0.570. The van der Waals surface area contributed by atoms with Crippen LogP contribution in [0.1, 0.15) is 32.4 Å². The molecule has 0 radical (unpaired) electrons. The number of nitrogens with zero attached hydrogens (tertiary/aromatic N) is 1. The second-order valence-corrected chi connectivity index (χ2v) is 5.65. The SMILES string of the molecule is CCNC(c1ccccc1)C(C(C)C)N(C)CCOC. The molecule has 0 aromatic heterocycles. The van der Waals surface area contributed by atoms with Crippen molar-refractivity contribution in [3.8, 4) is 0 Å². The molecule has 2 unspecified atom stereocenters. The van der Waals surface area contributed by atoms with Gasteiger partial charge in [0.25, 0.3) is 0 Å². The number of likely N-dealkylation sites (N-methyl/N-ethyl adjacent to an activating group) is 2. The fourth-order valence-corrected chi connectivity index (χ4v) is 2.85. The summed E-state index contributed by atoms with van der Waals surface area (Å²) >= 11 is 0. The van der Waals surface area contributed by atoms with Gasteiger partial charge in [-0.2, -0.15) is 0 Å². The molecule has 0 fully saturated rings. The Balaban J connectivity index is 2.94. The number of benzene rings is 1. The second-order valence-electron chi connectivity index (χ2n) is 5.65. The van der Waals surface area contributed by atoms with Gasteiger partial charge in [0.05, 0.1) is 6.61 Å². The first kappa shape index (κ1) is 17.2. The summed E-state index contributed by atoms with van der Waals surface area (Å²) in [6.45, 7) is 9.45. The third-order valence-corrected chi connectivity index (χ3v) is 3.76. The van der Waals surface area contributed by atoms with E-state index in [9.17, 15) is 0 Å². The normalized spacial score (nSPS) is 14.8. The Hall–Kier alpha value is -0.900. The summed E-state index contributed by atoms with van der Waals surface area (Å²) in [6.07, 6.45) is 0. The largest absolute Gasteiger partial charge is 0.383 e. The lowest BCUT2D eigenvalue weighted by atomic mass is 9.90. The number of ether oxygens (including phenoxy) is 1. The minimum Gasteiger partial charge on any atom is -0.383 e. The molecule has 3 nitrogen and oxygen atoms in total. The van der Waals surface area contributed by atoms with Gasteiger partial charge in [0.15, 0.2) is 0 Å². The summed E-state index contributed by atoms with van der Waals surface area (Å²) in [7, 11) is 3.95. The lowest BCUT2D eigenvalue weighted by Gasteiger charge is -2.38. The van der Waals surface area contributed by atoms with Crippen molar-refractivity contribution in [2.24, 2.45) is 5.92 Å². The molecule has 0 heterocycles. The average molecular weight is 278 g/mol. The van der Waals surface area contributed by atoms with Gasteiger partial charge < -0.3 is 10.1 Å². The van der Waals surface area contributed by atoms with Crippen molar-refractivity contribution in [3.05, 3.63) is 35.9 Å². The van der Waals surface area contributed by atoms with Crippen molar-refractivity contribution >= 4 is 0 Å². The first-order valence-electron chi connectivity index (χ1n) is 7.59. The van der Waals surface area contributed by atoms with Crippen LogP contribution in [0.25, 0.3) is 0 Å². The zero-order chi connectivity index (χ0) is 15.0. The van der Waals surface area contributed by atoms with Gasteiger partial charge >= 0.3 is 0 Å². The number of hydrogen-bond acceptors (Lipinski definition) is 3. The molecule has 0 saturated heterocycles. The smallest absolute Gasteiger partial charge is 0.0589 e. The molecule has 0 bridgehead atoms. The zero-order valence-electron chi connectivity index (χ0n) is 13.6. The summed E-state index contributed by atoms with van der Waals surface area (Å²) in [5, 5.41) is 3.66. The monoisotopic (exact) mass is 278 g/mol. The topological polar surface area (TPSA) is 24.5 Å². The summed E-state index contributed by atoms with van der Waals surface area (Å²) in [5.41, 5.74) is 1.36. The first-order chi connectivity index (χ1) is 9.61. The summed E-state index contributed by atoms with van der Waals surface area (Å²) < 4.78 is 5.23. The minimum atomic E-state index is 0.350. The van der Waals surface area contributed by atoms with Crippen LogP contribution in [-0.2, 0) is 4.74 Å². The van der Waals surface area contributed by atoms with Crippen LogP contribution in [0.15, 0.2) is 30.3 Å².